The van der Waals surface area contributed by atoms with Crippen LogP contribution in [0.5, 0.6) is 0 Å². The monoisotopic (exact) mass is 272 g/mol. The summed E-state index contributed by atoms with van der Waals surface area (Å²) in [6.45, 7) is 7.97. The fourth-order valence-corrected chi connectivity index (χ4v) is 4.16. The third kappa shape index (κ3) is 3.23. The van der Waals surface area contributed by atoms with Gasteiger partial charge in [-0.1, -0.05) is 26.7 Å². The van der Waals surface area contributed by atoms with Crippen molar-refractivity contribution in [2.45, 2.75) is 58.0 Å². The molecule has 4 unspecified atom stereocenters. The number of thioether (sulfide) groups is 1. The van der Waals surface area contributed by atoms with E-state index in [0.29, 0.717) is 12.0 Å². The van der Waals surface area contributed by atoms with E-state index in [4.69, 9.17) is 5.73 Å². The molecule has 1 fully saturated rings. The highest BCUT2D eigenvalue weighted by molar-refractivity contribution is 7.98. The first kappa shape index (κ1) is 16.3. The zero-order chi connectivity index (χ0) is 13.8. The molecule has 0 radical (unpaired) electrons. The maximum absolute atomic E-state index is 6.21. The van der Waals surface area contributed by atoms with E-state index in [9.17, 15) is 0 Å². The van der Waals surface area contributed by atoms with Crippen molar-refractivity contribution in [2.75, 3.05) is 25.6 Å². The smallest absolute Gasteiger partial charge is 0.0359 e. The minimum Gasteiger partial charge on any atom is -0.329 e. The van der Waals surface area contributed by atoms with Gasteiger partial charge in [-0.25, -0.2) is 0 Å². The molecular weight excluding hydrogens is 240 g/mol. The molecule has 108 valence electrons. The van der Waals surface area contributed by atoms with Gasteiger partial charge in [0.2, 0.25) is 0 Å². The number of rotatable bonds is 6. The Morgan fingerprint density at radius 1 is 1.44 bits per heavy atom. The van der Waals surface area contributed by atoms with E-state index < -0.39 is 0 Å². The van der Waals surface area contributed by atoms with E-state index in [-0.39, 0.29) is 5.54 Å². The Morgan fingerprint density at radius 3 is 2.67 bits per heavy atom. The molecule has 2 nitrogen and oxygen atoms in total. The van der Waals surface area contributed by atoms with Crippen LogP contribution in [0.15, 0.2) is 0 Å². The molecule has 0 aromatic rings. The minimum absolute atomic E-state index is 0.232. The number of hydrogen-bond acceptors (Lipinski definition) is 3. The topological polar surface area (TPSA) is 29.3 Å². The molecule has 0 heterocycles. The lowest BCUT2D eigenvalue weighted by atomic mass is 9.67. The first-order valence-electron chi connectivity index (χ1n) is 7.41. The molecule has 0 aromatic carbocycles. The van der Waals surface area contributed by atoms with Crippen molar-refractivity contribution >= 4 is 11.8 Å². The average molecular weight is 273 g/mol. The fraction of sp³-hybridized carbons (Fsp3) is 1.00. The van der Waals surface area contributed by atoms with Crippen molar-refractivity contribution in [3.63, 3.8) is 0 Å². The molecule has 0 aliphatic heterocycles. The quantitative estimate of drug-likeness (QED) is 0.805. The summed E-state index contributed by atoms with van der Waals surface area (Å²) in [5.41, 5.74) is 6.44. The van der Waals surface area contributed by atoms with Gasteiger partial charge in [0, 0.05) is 18.1 Å². The highest BCUT2D eigenvalue weighted by atomic mass is 32.2. The van der Waals surface area contributed by atoms with Gasteiger partial charge in [0.05, 0.1) is 0 Å². The maximum Gasteiger partial charge on any atom is 0.0359 e. The van der Waals surface area contributed by atoms with Crippen LogP contribution >= 0.6 is 11.8 Å². The SMILES string of the molecule is CSCCC(C)N(C)C1(CN)CCCC(C)C1C. The van der Waals surface area contributed by atoms with Crippen LogP contribution in [0.1, 0.15) is 46.5 Å². The molecule has 0 spiro atoms. The van der Waals surface area contributed by atoms with Crippen LogP contribution in [0.25, 0.3) is 0 Å². The maximum atomic E-state index is 6.21. The Kier molecular flexibility index (Phi) is 6.49. The van der Waals surface area contributed by atoms with E-state index in [1.165, 1.54) is 31.4 Å². The highest BCUT2D eigenvalue weighted by Gasteiger charge is 2.44. The Bertz CT molecular complexity index is 247. The molecule has 1 rings (SSSR count). The first-order chi connectivity index (χ1) is 8.49. The summed E-state index contributed by atoms with van der Waals surface area (Å²) in [6.07, 6.45) is 7.44. The first-order valence-corrected chi connectivity index (χ1v) is 8.81. The Balaban J connectivity index is 2.78. The standard InChI is InChI=1S/C15H32N2S/c1-12-7-6-9-15(11-16,14(12)3)17(4)13(2)8-10-18-5/h12-14H,6-11,16H2,1-5H3. The van der Waals surface area contributed by atoms with Gasteiger partial charge in [0.1, 0.15) is 0 Å². The van der Waals surface area contributed by atoms with Gasteiger partial charge in [-0.2, -0.15) is 11.8 Å². The van der Waals surface area contributed by atoms with Crippen molar-refractivity contribution < 1.29 is 0 Å². The molecule has 0 amide bonds. The van der Waals surface area contributed by atoms with E-state index >= 15 is 0 Å². The number of nitrogens with two attached hydrogens (primary N) is 1. The van der Waals surface area contributed by atoms with Gasteiger partial charge >= 0.3 is 0 Å². The lowest BCUT2D eigenvalue weighted by Crippen LogP contribution is -2.61. The predicted molar refractivity (Wildman–Crippen MR) is 84.2 cm³/mol. The van der Waals surface area contributed by atoms with Crippen LogP contribution in [-0.2, 0) is 0 Å². The molecule has 1 saturated carbocycles. The van der Waals surface area contributed by atoms with Gasteiger partial charge in [0.25, 0.3) is 0 Å². The molecule has 1 aliphatic rings. The van der Waals surface area contributed by atoms with E-state index in [1.54, 1.807) is 0 Å². The summed E-state index contributed by atoms with van der Waals surface area (Å²) in [4.78, 5) is 2.60. The van der Waals surface area contributed by atoms with Crippen molar-refractivity contribution in [1.82, 2.24) is 4.90 Å². The minimum atomic E-state index is 0.232. The van der Waals surface area contributed by atoms with Crippen molar-refractivity contribution in [3.8, 4) is 0 Å². The van der Waals surface area contributed by atoms with Crippen molar-refractivity contribution in [2.24, 2.45) is 17.6 Å². The summed E-state index contributed by atoms with van der Waals surface area (Å²) in [6, 6.07) is 0.633. The highest BCUT2D eigenvalue weighted by Crippen LogP contribution is 2.41. The van der Waals surface area contributed by atoms with Crippen LogP contribution in [0.2, 0.25) is 0 Å². The Morgan fingerprint density at radius 2 is 2.11 bits per heavy atom. The molecular formula is C15H32N2S. The predicted octanol–water partition coefficient (Wildman–Crippen LogP) is 3.21. The van der Waals surface area contributed by atoms with Crippen LogP contribution < -0.4 is 5.73 Å². The lowest BCUT2D eigenvalue weighted by Gasteiger charge is -2.53. The third-order valence-corrected chi connectivity index (χ3v) is 6.07. The summed E-state index contributed by atoms with van der Waals surface area (Å²) in [7, 11) is 2.30. The molecule has 18 heavy (non-hydrogen) atoms. The normalized spacial score (nSPS) is 34.8. The van der Waals surface area contributed by atoms with Crippen LogP contribution in [-0.4, -0.2) is 42.1 Å². The second-order valence-corrected chi connectivity index (χ2v) is 7.19. The number of hydrogen-bond donors (Lipinski definition) is 1. The molecule has 0 bridgehead atoms. The van der Waals surface area contributed by atoms with E-state index in [2.05, 4.69) is 39.0 Å². The molecule has 4 atom stereocenters. The van der Waals surface area contributed by atoms with Gasteiger partial charge in [-0.15, -0.1) is 0 Å². The molecule has 1 aliphatic carbocycles. The van der Waals surface area contributed by atoms with Gasteiger partial charge in [-0.05, 0) is 50.7 Å². The second-order valence-electron chi connectivity index (χ2n) is 6.21. The zero-order valence-corrected chi connectivity index (χ0v) is 13.7. The van der Waals surface area contributed by atoms with Gasteiger partial charge in [0.15, 0.2) is 0 Å². The fourth-order valence-electron chi connectivity index (χ4n) is 3.59. The molecule has 0 saturated heterocycles. The zero-order valence-electron chi connectivity index (χ0n) is 12.9. The number of nitrogens with zero attached hydrogens (tertiary/aromatic N) is 1. The molecule has 0 aromatic heterocycles. The van der Waals surface area contributed by atoms with Crippen LogP contribution in [0, 0.1) is 11.8 Å². The van der Waals surface area contributed by atoms with Gasteiger partial charge in [-0.3, -0.25) is 4.90 Å². The van der Waals surface area contributed by atoms with Crippen LogP contribution in [0.3, 0.4) is 0 Å². The largest absolute Gasteiger partial charge is 0.329 e. The summed E-state index contributed by atoms with van der Waals surface area (Å²) < 4.78 is 0. The molecule has 2 N–H and O–H groups in total. The van der Waals surface area contributed by atoms with Crippen LogP contribution in [0.4, 0.5) is 0 Å². The average Bonchev–Trinajstić information content (AvgIpc) is 2.38. The molecule has 3 heteroatoms. The second kappa shape index (κ2) is 7.16. The van der Waals surface area contributed by atoms with Crippen molar-refractivity contribution in [1.29, 1.82) is 0 Å². The summed E-state index contributed by atoms with van der Waals surface area (Å²) in [5, 5.41) is 0. The third-order valence-electron chi connectivity index (χ3n) is 5.43. The number of likely N-dealkylation sites (N-methyl/N-ethyl adjacent to an activating group) is 1. The van der Waals surface area contributed by atoms with E-state index in [1.807, 2.05) is 11.8 Å². The summed E-state index contributed by atoms with van der Waals surface area (Å²) >= 11 is 1.94. The lowest BCUT2D eigenvalue weighted by molar-refractivity contribution is -0.0163. The Hall–Kier alpha value is 0.270. The Labute approximate surface area is 118 Å². The van der Waals surface area contributed by atoms with Crippen molar-refractivity contribution in [3.05, 3.63) is 0 Å². The van der Waals surface area contributed by atoms with E-state index in [0.717, 1.165) is 12.5 Å². The summed E-state index contributed by atoms with van der Waals surface area (Å²) in [5.74, 6) is 2.76. The van der Waals surface area contributed by atoms with Gasteiger partial charge < -0.3 is 5.73 Å².